The average Bonchev–Trinajstić information content (AvgIpc) is 2.72. The van der Waals surface area contributed by atoms with Crippen LogP contribution >= 0.6 is 11.3 Å². The highest BCUT2D eigenvalue weighted by atomic mass is 32.1. The summed E-state index contributed by atoms with van der Waals surface area (Å²) in [7, 11) is 0. The first kappa shape index (κ1) is 15.4. The van der Waals surface area contributed by atoms with Gasteiger partial charge in [-0.1, -0.05) is 18.6 Å². The van der Waals surface area contributed by atoms with Crippen molar-refractivity contribution < 1.29 is 5.11 Å². The molecule has 1 rings (SSSR count). The molecule has 1 heterocycles. The second-order valence-electron chi connectivity index (χ2n) is 4.76. The van der Waals surface area contributed by atoms with Crippen molar-refractivity contribution in [1.29, 1.82) is 0 Å². The van der Waals surface area contributed by atoms with E-state index in [1.807, 2.05) is 11.3 Å². The summed E-state index contributed by atoms with van der Waals surface area (Å²) in [5.41, 5.74) is 1.42. The first-order chi connectivity index (χ1) is 8.65. The lowest BCUT2D eigenvalue weighted by molar-refractivity contribution is 0.230. The molecule has 0 aliphatic rings. The summed E-state index contributed by atoms with van der Waals surface area (Å²) in [4.78, 5) is 5.20. The topological polar surface area (TPSA) is 23.5 Å². The highest BCUT2D eigenvalue weighted by molar-refractivity contribution is 7.11. The third-order valence-corrected chi connectivity index (χ3v) is 3.82. The molecule has 0 fully saturated rings. The maximum atomic E-state index is 8.98. The second kappa shape index (κ2) is 8.46. The summed E-state index contributed by atoms with van der Waals surface area (Å²) in [6, 6.07) is 4.39. The van der Waals surface area contributed by atoms with E-state index in [2.05, 4.69) is 43.9 Å². The molecule has 0 saturated heterocycles. The van der Waals surface area contributed by atoms with Crippen LogP contribution in [0.4, 0.5) is 0 Å². The molecule has 0 spiro atoms. The zero-order valence-electron chi connectivity index (χ0n) is 11.8. The van der Waals surface area contributed by atoms with Gasteiger partial charge in [-0.3, -0.25) is 4.90 Å². The molecule has 1 aromatic heterocycles. The Morgan fingerprint density at radius 2 is 2.22 bits per heavy atom. The first-order valence-corrected chi connectivity index (χ1v) is 7.51. The maximum absolute atomic E-state index is 8.98. The normalized spacial score (nSPS) is 12.4. The van der Waals surface area contributed by atoms with E-state index in [1.165, 1.54) is 15.3 Å². The predicted molar refractivity (Wildman–Crippen MR) is 80.1 cm³/mol. The molecule has 0 aliphatic carbocycles. The lowest BCUT2D eigenvalue weighted by atomic mass is 10.2. The molecular formula is C15H25NOS. The van der Waals surface area contributed by atoms with Crippen LogP contribution in [0.1, 0.15) is 36.4 Å². The van der Waals surface area contributed by atoms with Crippen LogP contribution < -0.4 is 0 Å². The summed E-state index contributed by atoms with van der Waals surface area (Å²) in [5.74, 6) is 0. The molecule has 0 aliphatic heterocycles. The number of aryl methyl sites for hydroxylation is 1. The minimum absolute atomic E-state index is 0.274. The van der Waals surface area contributed by atoms with Gasteiger partial charge in [0.1, 0.15) is 0 Å². The lowest BCUT2D eigenvalue weighted by Gasteiger charge is -2.21. The Balaban J connectivity index is 2.57. The molecule has 102 valence electrons. The van der Waals surface area contributed by atoms with Crippen LogP contribution in [-0.4, -0.2) is 29.7 Å². The summed E-state index contributed by atoms with van der Waals surface area (Å²) in [6.45, 7) is 9.74. The van der Waals surface area contributed by atoms with Crippen LogP contribution in [0.25, 0.3) is 0 Å². The Morgan fingerprint density at radius 1 is 1.44 bits per heavy atom. The van der Waals surface area contributed by atoms with Gasteiger partial charge in [-0.2, -0.15) is 0 Å². The van der Waals surface area contributed by atoms with Crippen molar-refractivity contribution in [1.82, 2.24) is 4.90 Å². The molecule has 3 heteroatoms. The standard InChI is InChI=1S/C15H25NOS/c1-4-6-13(2)11-16(9-5-10-17)12-15-8-7-14(3)18-15/h6-8,17H,4-5,9-12H2,1-3H3/b13-6+. The van der Waals surface area contributed by atoms with Crippen LogP contribution in [0.15, 0.2) is 23.8 Å². The third-order valence-electron chi connectivity index (χ3n) is 2.83. The number of allylic oxidation sites excluding steroid dienone is 1. The molecule has 1 aromatic rings. The van der Waals surface area contributed by atoms with E-state index < -0.39 is 0 Å². The molecule has 0 radical (unpaired) electrons. The fraction of sp³-hybridized carbons (Fsp3) is 0.600. The van der Waals surface area contributed by atoms with Crippen molar-refractivity contribution in [2.24, 2.45) is 0 Å². The van der Waals surface area contributed by atoms with Gasteiger partial charge in [0.25, 0.3) is 0 Å². The Labute approximate surface area is 115 Å². The zero-order valence-corrected chi connectivity index (χ0v) is 12.6. The molecule has 0 atom stereocenters. The largest absolute Gasteiger partial charge is 0.396 e. The number of aliphatic hydroxyl groups excluding tert-OH is 1. The van der Waals surface area contributed by atoms with Gasteiger partial charge in [0, 0.05) is 36.0 Å². The van der Waals surface area contributed by atoms with E-state index >= 15 is 0 Å². The molecule has 0 amide bonds. The first-order valence-electron chi connectivity index (χ1n) is 6.69. The number of hydrogen-bond donors (Lipinski definition) is 1. The molecule has 0 saturated carbocycles. The van der Waals surface area contributed by atoms with Crippen LogP contribution in [0, 0.1) is 6.92 Å². The highest BCUT2D eigenvalue weighted by Gasteiger charge is 2.07. The van der Waals surface area contributed by atoms with Gasteiger partial charge in [0.2, 0.25) is 0 Å². The fourth-order valence-corrected chi connectivity index (χ4v) is 3.00. The molecule has 0 aromatic carbocycles. The molecule has 18 heavy (non-hydrogen) atoms. The summed E-state index contributed by atoms with van der Waals surface area (Å²) in [5, 5.41) is 8.98. The van der Waals surface area contributed by atoms with Gasteiger partial charge in [0.15, 0.2) is 0 Å². The van der Waals surface area contributed by atoms with Crippen LogP contribution in [0.2, 0.25) is 0 Å². The Bertz CT molecular complexity index is 370. The molecule has 0 bridgehead atoms. The van der Waals surface area contributed by atoms with E-state index in [0.717, 1.165) is 32.5 Å². The third kappa shape index (κ3) is 5.80. The molecule has 2 nitrogen and oxygen atoms in total. The van der Waals surface area contributed by atoms with Crippen LogP contribution in [0.5, 0.6) is 0 Å². The van der Waals surface area contributed by atoms with Crippen LogP contribution in [0.3, 0.4) is 0 Å². The highest BCUT2D eigenvalue weighted by Crippen LogP contribution is 2.18. The maximum Gasteiger partial charge on any atom is 0.0443 e. The summed E-state index contributed by atoms with van der Waals surface area (Å²) in [6.07, 6.45) is 4.23. The Kier molecular flexibility index (Phi) is 7.25. The number of aliphatic hydroxyl groups is 1. The van der Waals surface area contributed by atoms with Gasteiger partial charge >= 0.3 is 0 Å². The molecule has 0 unspecified atom stereocenters. The average molecular weight is 267 g/mol. The van der Waals surface area contributed by atoms with E-state index in [4.69, 9.17) is 5.11 Å². The number of nitrogens with zero attached hydrogens (tertiary/aromatic N) is 1. The summed E-state index contributed by atoms with van der Waals surface area (Å²) < 4.78 is 0. The Hall–Kier alpha value is -0.640. The number of rotatable bonds is 8. The number of thiophene rings is 1. The zero-order chi connectivity index (χ0) is 13.4. The monoisotopic (exact) mass is 267 g/mol. The van der Waals surface area contributed by atoms with Crippen molar-refractivity contribution in [3.8, 4) is 0 Å². The molecular weight excluding hydrogens is 242 g/mol. The summed E-state index contributed by atoms with van der Waals surface area (Å²) >= 11 is 1.87. The van der Waals surface area contributed by atoms with Crippen molar-refractivity contribution in [3.63, 3.8) is 0 Å². The van der Waals surface area contributed by atoms with E-state index in [0.29, 0.717) is 0 Å². The number of hydrogen-bond acceptors (Lipinski definition) is 3. The SMILES string of the molecule is CC/C=C(\C)CN(CCCO)Cc1ccc(C)s1. The molecule has 1 N–H and O–H groups in total. The van der Waals surface area contributed by atoms with E-state index in [9.17, 15) is 0 Å². The van der Waals surface area contributed by atoms with E-state index in [1.54, 1.807) is 0 Å². The van der Waals surface area contributed by atoms with E-state index in [-0.39, 0.29) is 6.61 Å². The second-order valence-corrected chi connectivity index (χ2v) is 6.13. The lowest BCUT2D eigenvalue weighted by Crippen LogP contribution is -2.26. The van der Waals surface area contributed by atoms with Crippen molar-refractivity contribution >= 4 is 11.3 Å². The van der Waals surface area contributed by atoms with Gasteiger partial charge in [-0.25, -0.2) is 0 Å². The van der Waals surface area contributed by atoms with Gasteiger partial charge in [-0.05, 0) is 38.8 Å². The quantitative estimate of drug-likeness (QED) is 0.728. The van der Waals surface area contributed by atoms with Crippen LogP contribution in [-0.2, 0) is 6.54 Å². The fourth-order valence-electron chi connectivity index (χ4n) is 2.06. The van der Waals surface area contributed by atoms with Crippen molar-refractivity contribution in [2.45, 2.75) is 40.2 Å². The Morgan fingerprint density at radius 3 is 2.78 bits per heavy atom. The predicted octanol–water partition coefficient (Wildman–Crippen LogP) is 3.60. The van der Waals surface area contributed by atoms with Crippen molar-refractivity contribution in [3.05, 3.63) is 33.5 Å². The van der Waals surface area contributed by atoms with Gasteiger partial charge < -0.3 is 5.11 Å². The van der Waals surface area contributed by atoms with Gasteiger partial charge in [0.05, 0.1) is 0 Å². The minimum Gasteiger partial charge on any atom is -0.396 e. The van der Waals surface area contributed by atoms with Gasteiger partial charge in [-0.15, -0.1) is 11.3 Å². The smallest absolute Gasteiger partial charge is 0.0443 e. The van der Waals surface area contributed by atoms with Crippen molar-refractivity contribution in [2.75, 3.05) is 19.7 Å². The minimum atomic E-state index is 0.274.